The van der Waals surface area contributed by atoms with E-state index in [1.165, 1.54) is 4.90 Å². The van der Waals surface area contributed by atoms with Gasteiger partial charge in [0, 0.05) is 63.3 Å². The Kier molecular flexibility index (Phi) is 9.89. The molecule has 0 saturated carbocycles. The van der Waals surface area contributed by atoms with E-state index < -0.39 is 41.0 Å². The number of pyridine rings is 1. The minimum atomic E-state index is -5.04. The van der Waals surface area contributed by atoms with E-state index in [0.717, 1.165) is 21.9 Å². The molecule has 1 aromatic heterocycles. The molecule has 5 nitrogen and oxygen atoms in total. The highest BCUT2D eigenvalue weighted by Gasteiger charge is 2.39. The molecular formula is C34H32F6N4O. The number of carbonyl (C=O) groups excluding carboxylic acids is 1. The van der Waals surface area contributed by atoms with Crippen molar-refractivity contribution in [3.05, 3.63) is 125 Å². The van der Waals surface area contributed by atoms with E-state index in [1.54, 1.807) is 12.4 Å². The van der Waals surface area contributed by atoms with Gasteiger partial charge in [0.1, 0.15) is 0 Å². The van der Waals surface area contributed by atoms with E-state index in [4.69, 9.17) is 0 Å². The highest BCUT2D eigenvalue weighted by molar-refractivity contribution is 5.95. The van der Waals surface area contributed by atoms with Crippen molar-refractivity contribution in [3.63, 3.8) is 0 Å². The third-order valence-corrected chi connectivity index (χ3v) is 7.79. The summed E-state index contributed by atoms with van der Waals surface area (Å²) in [7, 11) is 0. The largest absolute Gasteiger partial charge is 0.416 e. The molecule has 1 atom stereocenters. The molecule has 1 amide bonds. The summed E-state index contributed by atoms with van der Waals surface area (Å²) < 4.78 is 81.3. The van der Waals surface area contributed by atoms with Crippen LogP contribution in [0.1, 0.15) is 32.6 Å². The summed E-state index contributed by atoms with van der Waals surface area (Å²) in [4.78, 5) is 21.3. The van der Waals surface area contributed by atoms with Crippen molar-refractivity contribution in [3.8, 4) is 0 Å². The lowest BCUT2D eigenvalue weighted by Crippen LogP contribution is -2.56. The Balaban J connectivity index is 1.34. The standard InChI is InChI=1S/C34H32F6N4O/c35-33(36,37)29-18-28(19-30(20-29)34(38,39)40)32(45)44-15-14-43(13-4-3-11-41-21-25-6-5-12-42-22-25)23-31(44)17-24-9-10-26-7-1-2-8-27(26)16-24/h1-10,12,16,18-20,22,31,41H,11,13-15,17,21,23H2/b4-3+/t31-/m1/s1. The molecule has 3 aromatic carbocycles. The van der Waals surface area contributed by atoms with Crippen molar-refractivity contribution >= 4 is 16.7 Å². The van der Waals surface area contributed by atoms with Gasteiger partial charge in [-0.25, -0.2) is 0 Å². The van der Waals surface area contributed by atoms with Gasteiger partial charge < -0.3 is 10.2 Å². The molecule has 1 aliphatic heterocycles. The number of fused-ring (bicyclic) bond motifs is 1. The fourth-order valence-corrected chi connectivity index (χ4v) is 5.52. The highest BCUT2D eigenvalue weighted by atomic mass is 19.4. The molecule has 1 N–H and O–H groups in total. The summed E-state index contributed by atoms with van der Waals surface area (Å²) in [5.41, 5.74) is -1.67. The second-order valence-electron chi connectivity index (χ2n) is 11.1. The molecule has 5 rings (SSSR count). The van der Waals surface area contributed by atoms with Gasteiger partial charge in [-0.3, -0.25) is 14.7 Å². The van der Waals surface area contributed by atoms with Crippen LogP contribution in [0.5, 0.6) is 0 Å². The summed E-state index contributed by atoms with van der Waals surface area (Å²) >= 11 is 0. The number of amides is 1. The molecule has 4 aromatic rings. The Bertz CT molecular complexity index is 1610. The predicted octanol–water partition coefficient (Wildman–Crippen LogP) is 6.99. The molecule has 236 valence electrons. The number of nitrogens with zero attached hydrogens (tertiary/aromatic N) is 3. The van der Waals surface area contributed by atoms with E-state index in [-0.39, 0.29) is 12.6 Å². The van der Waals surface area contributed by atoms with E-state index in [1.807, 2.05) is 66.7 Å². The smallest absolute Gasteiger partial charge is 0.333 e. The Labute approximate surface area is 257 Å². The van der Waals surface area contributed by atoms with Gasteiger partial charge >= 0.3 is 12.4 Å². The summed E-state index contributed by atoms with van der Waals surface area (Å²) in [5, 5.41) is 5.34. The molecule has 2 heterocycles. The normalized spacial score (nSPS) is 16.5. The quantitative estimate of drug-likeness (QED) is 0.124. The average molecular weight is 627 g/mol. The average Bonchev–Trinajstić information content (AvgIpc) is 3.02. The highest BCUT2D eigenvalue weighted by Crippen LogP contribution is 2.37. The first-order valence-corrected chi connectivity index (χ1v) is 14.5. The molecule has 0 unspecified atom stereocenters. The van der Waals surface area contributed by atoms with Crippen LogP contribution in [0, 0.1) is 0 Å². The number of hydrogen-bond acceptors (Lipinski definition) is 4. The Morgan fingerprint density at radius 1 is 0.844 bits per heavy atom. The van der Waals surface area contributed by atoms with Gasteiger partial charge in [0.15, 0.2) is 0 Å². The number of piperazine rings is 1. The van der Waals surface area contributed by atoms with Crippen molar-refractivity contribution in [2.75, 3.05) is 32.7 Å². The number of carbonyl (C=O) groups is 1. The minimum absolute atomic E-state index is 0.0409. The first-order chi connectivity index (χ1) is 21.5. The molecule has 0 radical (unpaired) electrons. The van der Waals surface area contributed by atoms with Crippen LogP contribution in [-0.2, 0) is 25.3 Å². The third kappa shape index (κ3) is 8.49. The van der Waals surface area contributed by atoms with Crippen molar-refractivity contribution in [2.45, 2.75) is 31.4 Å². The number of nitrogens with one attached hydrogen (secondary N) is 1. The number of aromatic nitrogens is 1. The van der Waals surface area contributed by atoms with E-state index >= 15 is 0 Å². The maximum absolute atomic E-state index is 13.7. The van der Waals surface area contributed by atoms with Crippen LogP contribution in [0.2, 0.25) is 0 Å². The van der Waals surface area contributed by atoms with Crippen molar-refractivity contribution in [1.82, 2.24) is 20.1 Å². The summed E-state index contributed by atoms with van der Waals surface area (Å²) in [6.45, 7) is 2.84. The Morgan fingerprint density at radius 2 is 1.58 bits per heavy atom. The number of halogens is 6. The van der Waals surface area contributed by atoms with Gasteiger partial charge in [0.25, 0.3) is 5.91 Å². The van der Waals surface area contributed by atoms with Gasteiger partial charge in [0.05, 0.1) is 11.1 Å². The third-order valence-electron chi connectivity index (χ3n) is 7.79. The molecule has 1 saturated heterocycles. The van der Waals surface area contributed by atoms with E-state index in [0.29, 0.717) is 51.3 Å². The van der Waals surface area contributed by atoms with Crippen molar-refractivity contribution in [2.24, 2.45) is 0 Å². The lowest BCUT2D eigenvalue weighted by molar-refractivity contribution is -0.143. The number of benzene rings is 3. The van der Waals surface area contributed by atoms with E-state index in [2.05, 4.69) is 15.2 Å². The molecular weight excluding hydrogens is 594 g/mol. The summed E-state index contributed by atoms with van der Waals surface area (Å²) in [5.74, 6) is -0.854. The summed E-state index contributed by atoms with van der Waals surface area (Å²) in [6.07, 6.45) is -2.21. The topological polar surface area (TPSA) is 48.5 Å². The second kappa shape index (κ2) is 13.8. The zero-order chi connectivity index (χ0) is 32.0. The summed E-state index contributed by atoms with van der Waals surface area (Å²) in [6, 6.07) is 18.1. The van der Waals surface area contributed by atoms with Gasteiger partial charge in [-0.05, 0) is 52.6 Å². The lowest BCUT2D eigenvalue weighted by Gasteiger charge is -2.41. The fraction of sp³-hybridized carbons (Fsp3) is 0.294. The molecule has 45 heavy (non-hydrogen) atoms. The molecule has 0 bridgehead atoms. The molecule has 0 spiro atoms. The van der Waals surface area contributed by atoms with Crippen LogP contribution in [0.3, 0.4) is 0 Å². The van der Waals surface area contributed by atoms with E-state index in [9.17, 15) is 31.1 Å². The zero-order valence-electron chi connectivity index (χ0n) is 24.3. The molecule has 11 heteroatoms. The number of alkyl halides is 6. The maximum Gasteiger partial charge on any atom is 0.416 e. The Hall–Kier alpha value is -4.22. The van der Waals surface area contributed by atoms with Gasteiger partial charge in [-0.2, -0.15) is 26.3 Å². The van der Waals surface area contributed by atoms with Crippen LogP contribution < -0.4 is 5.32 Å². The second-order valence-corrected chi connectivity index (χ2v) is 11.1. The molecule has 1 aliphatic rings. The van der Waals surface area contributed by atoms with Gasteiger partial charge in [-0.15, -0.1) is 0 Å². The zero-order valence-corrected chi connectivity index (χ0v) is 24.3. The van der Waals surface area contributed by atoms with Gasteiger partial charge in [0.2, 0.25) is 0 Å². The first-order valence-electron chi connectivity index (χ1n) is 14.5. The molecule has 0 aliphatic carbocycles. The van der Waals surface area contributed by atoms with Crippen LogP contribution in [-0.4, -0.2) is 59.5 Å². The molecule has 1 fully saturated rings. The van der Waals surface area contributed by atoms with Crippen LogP contribution in [0.25, 0.3) is 10.8 Å². The van der Waals surface area contributed by atoms with Crippen molar-refractivity contribution < 1.29 is 31.1 Å². The predicted molar refractivity (Wildman–Crippen MR) is 160 cm³/mol. The van der Waals surface area contributed by atoms with Gasteiger partial charge in [-0.1, -0.05) is 60.7 Å². The minimum Gasteiger partial charge on any atom is -0.333 e. The fourth-order valence-electron chi connectivity index (χ4n) is 5.52. The lowest BCUT2D eigenvalue weighted by atomic mass is 9.97. The van der Waals surface area contributed by atoms with Crippen molar-refractivity contribution in [1.29, 1.82) is 0 Å². The SMILES string of the molecule is O=C(c1cc(C(F)(F)F)cc(C(F)(F)F)c1)N1CCN(C/C=C/CNCc2cccnc2)C[C@H]1Cc1ccc2ccccc2c1. The maximum atomic E-state index is 13.7. The van der Waals surface area contributed by atoms with Crippen LogP contribution in [0.4, 0.5) is 26.3 Å². The monoisotopic (exact) mass is 626 g/mol. The Morgan fingerprint density at radius 3 is 2.27 bits per heavy atom. The number of rotatable bonds is 9. The first kappa shape index (κ1) is 32.2. The van der Waals surface area contributed by atoms with Crippen LogP contribution >= 0.6 is 0 Å². The number of hydrogen-bond donors (Lipinski definition) is 1. The van der Waals surface area contributed by atoms with Crippen LogP contribution in [0.15, 0.2) is 97.3 Å².